The normalized spacial score (nSPS) is 8.08. The van der Waals surface area contributed by atoms with Crippen LogP contribution in [0.2, 0.25) is 0 Å². The van der Waals surface area contributed by atoms with Crippen LogP contribution in [-0.4, -0.2) is 6.26 Å². The second-order valence-corrected chi connectivity index (χ2v) is 3.06. The molecule has 4 heteroatoms. The molecule has 0 saturated heterocycles. The molecule has 0 saturated carbocycles. The molecular formula is C9H13N3S. The largest absolute Gasteiger partial charge is 0.337 e. The van der Waals surface area contributed by atoms with Crippen molar-refractivity contribution in [3.8, 4) is 6.19 Å². The average Bonchev–Trinajstić information content (AvgIpc) is 2.19. The van der Waals surface area contributed by atoms with Crippen LogP contribution in [0.25, 0.3) is 0 Å². The Morgan fingerprint density at radius 1 is 1.38 bits per heavy atom. The number of benzene rings is 1. The molecule has 1 rings (SSSR count). The second-order valence-electron chi connectivity index (χ2n) is 2.18. The Morgan fingerprint density at radius 3 is 2.15 bits per heavy atom. The van der Waals surface area contributed by atoms with E-state index in [1.165, 1.54) is 16.7 Å². The lowest BCUT2D eigenvalue weighted by molar-refractivity contribution is 1.07. The van der Waals surface area contributed by atoms with Crippen molar-refractivity contribution in [1.29, 1.82) is 5.26 Å². The van der Waals surface area contributed by atoms with Gasteiger partial charge in [0.15, 0.2) is 6.19 Å². The first kappa shape index (κ1) is 11.8. The Kier molecular flexibility index (Phi) is 6.79. The summed E-state index contributed by atoms with van der Waals surface area (Å²) in [5, 5.41) is 7.10. The molecule has 13 heavy (non-hydrogen) atoms. The van der Waals surface area contributed by atoms with Gasteiger partial charge in [0.1, 0.15) is 0 Å². The molecule has 0 aliphatic carbocycles. The summed E-state index contributed by atoms with van der Waals surface area (Å²) in [5.41, 5.74) is 10.8. The van der Waals surface area contributed by atoms with Crippen molar-refractivity contribution in [2.24, 2.45) is 11.5 Å². The molecule has 0 atom stereocenters. The Hall–Kier alpha value is -1.18. The highest BCUT2D eigenvalue weighted by atomic mass is 32.2. The van der Waals surface area contributed by atoms with Crippen molar-refractivity contribution >= 4 is 11.8 Å². The molecule has 1 aromatic rings. The van der Waals surface area contributed by atoms with Crippen molar-refractivity contribution in [2.45, 2.75) is 11.4 Å². The number of nitrogens with two attached hydrogens (primary N) is 2. The second kappa shape index (κ2) is 7.47. The highest BCUT2D eigenvalue weighted by Gasteiger charge is 1.88. The van der Waals surface area contributed by atoms with E-state index in [1.807, 2.05) is 0 Å². The summed E-state index contributed by atoms with van der Waals surface area (Å²) in [6, 6.07) is 8.30. The lowest BCUT2D eigenvalue weighted by atomic mass is 10.2. The zero-order valence-electron chi connectivity index (χ0n) is 7.53. The molecule has 0 unspecified atom stereocenters. The van der Waals surface area contributed by atoms with E-state index in [0.29, 0.717) is 6.54 Å². The smallest absolute Gasteiger partial charge is 0.173 e. The van der Waals surface area contributed by atoms with E-state index in [4.69, 9.17) is 11.0 Å². The summed E-state index contributed by atoms with van der Waals surface area (Å²) in [5.74, 6) is 0. The summed E-state index contributed by atoms with van der Waals surface area (Å²) in [4.78, 5) is 1.29. The van der Waals surface area contributed by atoms with Crippen molar-refractivity contribution < 1.29 is 0 Å². The van der Waals surface area contributed by atoms with Gasteiger partial charge in [-0.15, -0.1) is 11.8 Å². The number of hydrogen-bond acceptors (Lipinski definition) is 4. The van der Waals surface area contributed by atoms with Crippen molar-refractivity contribution in [3.63, 3.8) is 0 Å². The van der Waals surface area contributed by atoms with Gasteiger partial charge < -0.3 is 11.5 Å². The predicted octanol–water partition coefficient (Wildman–Crippen LogP) is 1.29. The molecule has 0 fully saturated rings. The fourth-order valence-corrected chi connectivity index (χ4v) is 1.17. The van der Waals surface area contributed by atoms with Crippen LogP contribution in [0.4, 0.5) is 0 Å². The minimum absolute atomic E-state index is 0.634. The van der Waals surface area contributed by atoms with Crippen LogP contribution in [0.15, 0.2) is 29.2 Å². The van der Waals surface area contributed by atoms with Gasteiger partial charge in [0, 0.05) is 11.4 Å². The van der Waals surface area contributed by atoms with E-state index in [1.54, 1.807) is 11.8 Å². The van der Waals surface area contributed by atoms with Gasteiger partial charge in [0.2, 0.25) is 0 Å². The standard InChI is InChI=1S/C8H11NS.CH2N2/c1-10-8-4-2-7(6-9)3-5-8;2-1-3/h2-5H,6,9H2,1H3;2H2. The van der Waals surface area contributed by atoms with Crippen LogP contribution in [0.3, 0.4) is 0 Å². The zero-order valence-corrected chi connectivity index (χ0v) is 8.34. The molecular weight excluding hydrogens is 182 g/mol. The molecule has 0 bridgehead atoms. The lowest BCUT2D eigenvalue weighted by Gasteiger charge is -1.97. The molecule has 4 N–H and O–H groups in total. The average molecular weight is 195 g/mol. The zero-order chi connectivity index (χ0) is 10.1. The molecule has 0 heterocycles. The van der Waals surface area contributed by atoms with E-state index in [0.717, 1.165) is 0 Å². The summed E-state index contributed by atoms with van der Waals surface area (Å²) in [7, 11) is 0. The van der Waals surface area contributed by atoms with Crippen LogP contribution < -0.4 is 11.5 Å². The SMILES string of the molecule is CSc1ccc(CN)cc1.N#CN. The quantitative estimate of drug-likeness (QED) is 0.423. The maximum Gasteiger partial charge on any atom is 0.173 e. The molecule has 0 amide bonds. The summed E-state index contributed by atoms with van der Waals surface area (Å²) in [6.07, 6.45) is 3.32. The summed E-state index contributed by atoms with van der Waals surface area (Å²) in [6.45, 7) is 0.634. The molecule has 0 aromatic heterocycles. The van der Waals surface area contributed by atoms with Crippen LogP contribution in [0.1, 0.15) is 5.56 Å². The molecule has 0 aliphatic heterocycles. The summed E-state index contributed by atoms with van der Waals surface area (Å²) < 4.78 is 0. The minimum atomic E-state index is 0.634. The van der Waals surface area contributed by atoms with Crippen LogP contribution in [-0.2, 0) is 6.54 Å². The van der Waals surface area contributed by atoms with E-state index in [-0.39, 0.29) is 0 Å². The van der Waals surface area contributed by atoms with Gasteiger partial charge in [-0.1, -0.05) is 12.1 Å². The molecule has 3 nitrogen and oxygen atoms in total. The van der Waals surface area contributed by atoms with E-state index in [2.05, 4.69) is 36.3 Å². The molecule has 0 radical (unpaired) electrons. The maximum absolute atomic E-state index is 7.10. The number of rotatable bonds is 2. The monoisotopic (exact) mass is 195 g/mol. The topological polar surface area (TPSA) is 75.8 Å². The van der Waals surface area contributed by atoms with Gasteiger partial charge in [-0.05, 0) is 24.0 Å². The number of thioether (sulfide) groups is 1. The van der Waals surface area contributed by atoms with E-state index in [9.17, 15) is 0 Å². The maximum atomic E-state index is 7.10. The van der Waals surface area contributed by atoms with Crippen molar-refractivity contribution in [2.75, 3.05) is 6.26 Å². The van der Waals surface area contributed by atoms with Crippen molar-refractivity contribution in [3.05, 3.63) is 29.8 Å². The van der Waals surface area contributed by atoms with Gasteiger partial charge in [-0.25, -0.2) is 0 Å². The molecule has 0 spiro atoms. The molecule has 70 valence electrons. The predicted molar refractivity (Wildman–Crippen MR) is 55.9 cm³/mol. The Balaban J connectivity index is 0.000000424. The van der Waals surface area contributed by atoms with Crippen LogP contribution in [0.5, 0.6) is 0 Å². The highest BCUT2D eigenvalue weighted by Crippen LogP contribution is 2.14. The van der Waals surface area contributed by atoms with Crippen LogP contribution in [0, 0.1) is 11.5 Å². The Bertz CT molecular complexity index is 240. The fraction of sp³-hybridized carbons (Fsp3) is 0.222. The van der Waals surface area contributed by atoms with Gasteiger partial charge in [-0.3, -0.25) is 0 Å². The first-order chi connectivity index (χ1) is 6.28. The van der Waals surface area contributed by atoms with Gasteiger partial charge >= 0.3 is 0 Å². The third-order valence-corrected chi connectivity index (χ3v) is 2.14. The van der Waals surface area contributed by atoms with Gasteiger partial charge in [0.05, 0.1) is 0 Å². The third-order valence-electron chi connectivity index (χ3n) is 1.39. The highest BCUT2D eigenvalue weighted by molar-refractivity contribution is 7.98. The minimum Gasteiger partial charge on any atom is -0.337 e. The third kappa shape index (κ3) is 5.12. The van der Waals surface area contributed by atoms with E-state index < -0.39 is 0 Å². The first-order valence-electron chi connectivity index (χ1n) is 3.71. The van der Waals surface area contributed by atoms with E-state index >= 15 is 0 Å². The molecule has 0 aliphatic rings. The molecule has 1 aromatic carbocycles. The number of nitrogens with zero attached hydrogens (tertiary/aromatic N) is 1. The van der Waals surface area contributed by atoms with Crippen molar-refractivity contribution in [1.82, 2.24) is 0 Å². The van der Waals surface area contributed by atoms with Gasteiger partial charge in [0.25, 0.3) is 0 Å². The van der Waals surface area contributed by atoms with Crippen LogP contribution >= 0.6 is 11.8 Å². The fourth-order valence-electron chi connectivity index (χ4n) is 0.762. The van der Waals surface area contributed by atoms with Gasteiger partial charge in [-0.2, -0.15) is 5.26 Å². The Morgan fingerprint density at radius 2 is 1.85 bits per heavy atom. The Labute approximate surface area is 82.7 Å². The summed E-state index contributed by atoms with van der Waals surface area (Å²) >= 11 is 1.75. The lowest BCUT2D eigenvalue weighted by Crippen LogP contribution is -1.94. The number of nitriles is 1. The first-order valence-corrected chi connectivity index (χ1v) is 4.93. The number of hydrogen-bond donors (Lipinski definition) is 2.